The Morgan fingerprint density at radius 2 is 1.93 bits per heavy atom. The lowest BCUT2D eigenvalue weighted by Crippen LogP contribution is -2.16. The van der Waals surface area contributed by atoms with Crippen molar-refractivity contribution in [1.29, 1.82) is 0 Å². The fraction of sp³-hybridized carbons (Fsp3) is 0.286. The third-order valence-electron chi connectivity index (χ3n) is 4.92. The molecule has 0 amide bonds. The van der Waals surface area contributed by atoms with E-state index >= 15 is 0 Å². The topological polar surface area (TPSA) is 49.0 Å². The van der Waals surface area contributed by atoms with Crippen molar-refractivity contribution >= 4 is 33.8 Å². The predicted octanol–water partition coefficient (Wildman–Crippen LogP) is 4.81. The molecule has 6 heteroatoms. The van der Waals surface area contributed by atoms with Crippen LogP contribution in [0.15, 0.2) is 41.8 Å². The lowest BCUT2D eigenvalue weighted by atomic mass is 10.0. The van der Waals surface area contributed by atoms with Gasteiger partial charge in [0, 0.05) is 24.5 Å². The van der Waals surface area contributed by atoms with Crippen molar-refractivity contribution < 1.29 is 0 Å². The molecule has 2 aromatic carbocycles. The van der Waals surface area contributed by atoms with Crippen LogP contribution in [0.3, 0.4) is 0 Å². The average molecular weight is 399 g/mol. The largest absolute Gasteiger partial charge is 0.380 e. The SMILES string of the molecule is CNc1nc(-c2ccc(CNc3c(Cl)ccc4c3CCNCC4)cc2)cs1. The number of halogens is 1. The lowest BCUT2D eigenvalue weighted by Gasteiger charge is -2.16. The van der Waals surface area contributed by atoms with Gasteiger partial charge >= 0.3 is 0 Å². The molecule has 4 rings (SSSR count). The minimum absolute atomic E-state index is 0.753. The third kappa shape index (κ3) is 4.10. The molecule has 0 bridgehead atoms. The third-order valence-corrected chi connectivity index (χ3v) is 6.09. The van der Waals surface area contributed by atoms with Crippen LogP contribution >= 0.6 is 22.9 Å². The molecular weight excluding hydrogens is 376 g/mol. The van der Waals surface area contributed by atoms with E-state index in [-0.39, 0.29) is 0 Å². The van der Waals surface area contributed by atoms with E-state index in [1.807, 2.05) is 13.1 Å². The second-order valence-electron chi connectivity index (χ2n) is 6.65. The maximum absolute atomic E-state index is 6.51. The van der Waals surface area contributed by atoms with Crippen LogP contribution in [0.5, 0.6) is 0 Å². The van der Waals surface area contributed by atoms with Crippen LogP contribution in [0.4, 0.5) is 10.8 Å². The number of anilines is 2. The summed E-state index contributed by atoms with van der Waals surface area (Å²) >= 11 is 8.12. The van der Waals surface area contributed by atoms with Gasteiger partial charge in [0.25, 0.3) is 0 Å². The summed E-state index contributed by atoms with van der Waals surface area (Å²) in [6, 6.07) is 12.7. The zero-order valence-electron chi connectivity index (χ0n) is 15.3. The van der Waals surface area contributed by atoms with Crippen LogP contribution in [0, 0.1) is 0 Å². The highest BCUT2D eigenvalue weighted by molar-refractivity contribution is 7.14. The number of nitrogens with zero attached hydrogens (tertiary/aromatic N) is 1. The summed E-state index contributed by atoms with van der Waals surface area (Å²) in [7, 11) is 1.89. The number of nitrogens with one attached hydrogen (secondary N) is 3. The fourth-order valence-corrected chi connectivity index (χ4v) is 4.36. The van der Waals surface area contributed by atoms with Crippen LogP contribution in [-0.4, -0.2) is 25.1 Å². The molecule has 0 radical (unpaired) electrons. The van der Waals surface area contributed by atoms with Gasteiger partial charge < -0.3 is 16.0 Å². The van der Waals surface area contributed by atoms with Crippen LogP contribution in [0.25, 0.3) is 11.3 Å². The highest BCUT2D eigenvalue weighted by atomic mass is 35.5. The van der Waals surface area contributed by atoms with Crippen molar-refractivity contribution in [3.63, 3.8) is 0 Å². The van der Waals surface area contributed by atoms with Gasteiger partial charge in [0.1, 0.15) is 0 Å². The molecule has 1 aromatic heterocycles. The Hall–Kier alpha value is -2.08. The molecule has 2 heterocycles. The van der Waals surface area contributed by atoms with E-state index in [2.05, 4.69) is 56.6 Å². The quantitative estimate of drug-likeness (QED) is 0.577. The van der Waals surface area contributed by atoms with Crippen LogP contribution in [0.2, 0.25) is 5.02 Å². The molecule has 0 fully saturated rings. The molecule has 4 nitrogen and oxygen atoms in total. The molecule has 0 atom stereocenters. The number of fused-ring (bicyclic) bond motifs is 1. The second-order valence-corrected chi connectivity index (χ2v) is 7.91. The lowest BCUT2D eigenvalue weighted by molar-refractivity contribution is 0.711. The Kier molecular flexibility index (Phi) is 5.62. The first-order valence-corrected chi connectivity index (χ1v) is 10.5. The summed E-state index contributed by atoms with van der Waals surface area (Å²) in [4.78, 5) is 4.56. The first-order valence-electron chi connectivity index (χ1n) is 9.22. The minimum atomic E-state index is 0.753. The summed E-state index contributed by atoms with van der Waals surface area (Å²) in [6.07, 6.45) is 2.06. The van der Waals surface area contributed by atoms with Gasteiger partial charge in [-0.2, -0.15) is 0 Å². The van der Waals surface area contributed by atoms with E-state index in [9.17, 15) is 0 Å². The van der Waals surface area contributed by atoms with Gasteiger partial charge in [0.05, 0.1) is 16.4 Å². The van der Waals surface area contributed by atoms with E-state index in [1.165, 1.54) is 16.7 Å². The molecule has 0 spiro atoms. The van der Waals surface area contributed by atoms with Gasteiger partial charge in [-0.15, -0.1) is 11.3 Å². The molecule has 0 saturated carbocycles. The van der Waals surface area contributed by atoms with Crippen LogP contribution in [0.1, 0.15) is 16.7 Å². The Labute approximate surface area is 169 Å². The van der Waals surface area contributed by atoms with Crippen molar-refractivity contribution in [1.82, 2.24) is 10.3 Å². The molecule has 0 saturated heterocycles. The van der Waals surface area contributed by atoms with E-state index < -0.39 is 0 Å². The summed E-state index contributed by atoms with van der Waals surface area (Å²) in [5.41, 5.74) is 7.20. The van der Waals surface area contributed by atoms with E-state index in [1.54, 1.807) is 11.3 Å². The summed E-state index contributed by atoms with van der Waals surface area (Å²) in [5, 5.41) is 13.9. The number of aromatic nitrogens is 1. The molecule has 0 aliphatic carbocycles. The Balaban J connectivity index is 1.49. The molecule has 1 aliphatic heterocycles. The number of thiazole rings is 1. The summed E-state index contributed by atoms with van der Waals surface area (Å²) in [6.45, 7) is 2.78. The van der Waals surface area contributed by atoms with E-state index in [4.69, 9.17) is 11.6 Å². The second kappa shape index (κ2) is 8.30. The Bertz CT molecular complexity index is 920. The number of hydrogen-bond acceptors (Lipinski definition) is 5. The van der Waals surface area contributed by atoms with Gasteiger partial charge in [0.15, 0.2) is 5.13 Å². The van der Waals surface area contributed by atoms with Gasteiger partial charge in [0.2, 0.25) is 0 Å². The fourth-order valence-electron chi connectivity index (χ4n) is 3.44. The predicted molar refractivity (Wildman–Crippen MR) is 116 cm³/mol. The van der Waals surface area contributed by atoms with E-state index in [0.29, 0.717) is 0 Å². The maximum atomic E-state index is 6.51. The highest BCUT2D eigenvalue weighted by Crippen LogP contribution is 2.31. The normalized spacial score (nSPS) is 13.7. The van der Waals surface area contributed by atoms with Crippen molar-refractivity contribution in [2.45, 2.75) is 19.4 Å². The van der Waals surface area contributed by atoms with Gasteiger partial charge in [-0.25, -0.2) is 4.98 Å². The number of hydrogen-bond donors (Lipinski definition) is 3. The minimum Gasteiger partial charge on any atom is -0.380 e. The standard InChI is InChI=1S/C21H23ClN4S/c1-23-21-26-19(13-27-21)16-4-2-14(3-5-16)12-25-20-17-9-11-24-10-8-15(17)6-7-18(20)22/h2-7,13,24-25H,8-12H2,1H3,(H,23,26). The highest BCUT2D eigenvalue weighted by Gasteiger charge is 2.14. The number of rotatable bonds is 5. The van der Waals surface area contributed by atoms with Crippen molar-refractivity contribution in [3.8, 4) is 11.3 Å². The Morgan fingerprint density at radius 1 is 1.11 bits per heavy atom. The molecule has 3 aromatic rings. The van der Waals surface area contributed by atoms with Crippen LogP contribution in [-0.2, 0) is 19.4 Å². The molecule has 27 heavy (non-hydrogen) atoms. The van der Waals surface area contributed by atoms with Crippen molar-refractivity contribution in [2.75, 3.05) is 30.8 Å². The smallest absolute Gasteiger partial charge is 0.182 e. The molecule has 0 unspecified atom stereocenters. The molecule has 3 N–H and O–H groups in total. The van der Waals surface area contributed by atoms with Gasteiger partial charge in [-0.3, -0.25) is 0 Å². The van der Waals surface area contributed by atoms with Crippen LogP contribution < -0.4 is 16.0 Å². The summed E-state index contributed by atoms with van der Waals surface area (Å²) in [5.74, 6) is 0. The van der Waals surface area contributed by atoms with Crippen molar-refractivity contribution in [2.24, 2.45) is 0 Å². The average Bonchev–Trinajstić information content (AvgIpc) is 3.06. The number of benzene rings is 2. The Morgan fingerprint density at radius 3 is 2.70 bits per heavy atom. The molecular formula is C21H23ClN4S. The van der Waals surface area contributed by atoms with E-state index in [0.717, 1.165) is 59.6 Å². The zero-order chi connectivity index (χ0) is 18.6. The van der Waals surface area contributed by atoms with Gasteiger partial charge in [-0.1, -0.05) is 41.9 Å². The zero-order valence-corrected chi connectivity index (χ0v) is 16.9. The van der Waals surface area contributed by atoms with Crippen molar-refractivity contribution in [3.05, 3.63) is 63.5 Å². The molecule has 140 valence electrons. The maximum Gasteiger partial charge on any atom is 0.182 e. The monoisotopic (exact) mass is 398 g/mol. The van der Waals surface area contributed by atoms with Gasteiger partial charge in [-0.05, 0) is 48.7 Å². The summed E-state index contributed by atoms with van der Waals surface area (Å²) < 4.78 is 0. The molecule has 1 aliphatic rings. The first-order chi connectivity index (χ1) is 13.2. The first kappa shape index (κ1) is 18.3.